The van der Waals surface area contributed by atoms with Crippen LogP contribution in [0.3, 0.4) is 0 Å². The van der Waals surface area contributed by atoms with Gasteiger partial charge in [-0.2, -0.15) is 0 Å². The molecule has 1 unspecified atom stereocenters. The Balaban J connectivity index is 2.24. The predicted octanol–water partition coefficient (Wildman–Crippen LogP) is 1.26. The first-order chi connectivity index (χ1) is 9.67. The molecular formula is C15H32N4O. The number of hydrogen-bond donors (Lipinski definition) is 1. The Labute approximate surface area is 124 Å². The second-order valence-electron chi connectivity index (χ2n) is 5.72. The summed E-state index contributed by atoms with van der Waals surface area (Å²) in [7, 11) is 3.97. The molecule has 1 fully saturated rings. The number of morpholine rings is 1. The minimum Gasteiger partial charge on any atom is -0.379 e. The van der Waals surface area contributed by atoms with Crippen molar-refractivity contribution in [2.24, 2.45) is 10.9 Å². The highest BCUT2D eigenvalue weighted by molar-refractivity contribution is 5.79. The van der Waals surface area contributed by atoms with Crippen LogP contribution in [-0.2, 0) is 4.74 Å². The summed E-state index contributed by atoms with van der Waals surface area (Å²) < 4.78 is 5.38. The third-order valence-corrected chi connectivity index (χ3v) is 3.70. The zero-order valence-corrected chi connectivity index (χ0v) is 13.7. The number of unbranched alkanes of at least 4 members (excludes halogenated alkanes) is 1. The monoisotopic (exact) mass is 284 g/mol. The summed E-state index contributed by atoms with van der Waals surface area (Å²) in [6.45, 7) is 11.6. The Bertz CT molecular complexity index is 277. The third-order valence-electron chi connectivity index (χ3n) is 3.70. The molecule has 1 rings (SSSR count). The van der Waals surface area contributed by atoms with Gasteiger partial charge < -0.3 is 15.0 Å². The number of rotatable bonds is 7. The minimum absolute atomic E-state index is 0.615. The van der Waals surface area contributed by atoms with Gasteiger partial charge in [0.15, 0.2) is 5.96 Å². The summed E-state index contributed by atoms with van der Waals surface area (Å²) in [6, 6.07) is 0. The lowest BCUT2D eigenvalue weighted by atomic mass is 10.1. The minimum atomic E-state index is 0.615. The van der Waals surface area contributed by atoms with Crippen molar-refractivity contribution in [3.63, 3.8) is 0 Å². The van der Waals surface area contributed by atoms with Crippen LogP contribution >= 0.6 is 0 Å². The standard InChI is InChI=1S/C15H32N4O/c1-5-6-7-18(4)15(16-3)17-12-14(2)13-19-8-10-20-11-9-19/h14H,5-13H2,1-4H3,(H,16,17). The number of nitrogens with zero attached hydrogens (tertiary/aromatic N) is 3. The maximum absolute atomic E-state index is 5.38. The summed E-state index contributed by atoms with van der Waals surface area (Å²) in [5.41, 5.74) is 0. The van der Waals surface area contributed by atoms with Crippen molar-refractivity contribution < 1.29 is 4.74 Å². The average molecular weight is 284 g/mol. The molecule has 1 heterocycles. The van der Waals surface area contributed by atoms with E-state index in [1.54, 1.807) is 0 Å². The van der Waals surface area contributed by atoms with Gasteiger partial charge in [-0.15, -0.1) is 0 Å². The first-order valence-corrected chi connectivity index (χ1v) is 7.89. The van der Waals surface area contributed by atoms with Crippen LogP contribution in [0.4, 0.5) is 0 Å². The van der Waals surface area contributed by atoms with E-state index in [1.807, 2.05) is 7.05 Å². The predicted molar refractivity (Wildman–Crippen MR) is 85.3 cm³/mol. The highest BCUT2D eigenvalue weighted by atomic mass is 16.5. The van der Waals surface area contributed by atoms with Crippen molar-refractivity contribution in [1.82, 2.24) is 15.1 Å². The molecule has 0 amide bonds. The van der Waals surface area contributed by atoms with Crippen molar-refractivity contribution >= 4 is 5.96 Å². The maximum Gasteiger partial charge on any atom is 0.193 e. The molecule has 1 aliphatic heterocycles. The smallest absolute Gasteiger partial charge is 0.193 e. The van der Waals surface area contributed by atoms with Gasteiger partial charge in [-0.1, -0.05) is 20.3 Å². The fourth-order valence-electron chi connectivity index (χ4n) is 2.44. The Kier molecular flexibility index (Phi) is 8.62. The lowest BCUT2D eigenvalue weighted by Gasteiger charge is -2.30. The van der Waals surface area contributed by atoms with Crippen LogP contribution in [0.5, 0.6) is 0 Å². The quantitative estimate of drug-likeness (QED) is 0.564. The normalized spacial score (nSPS) is 18.9. The van der Waals surface area contributed by atoms with Gasteiger partial charge in [0.2, 0.25) is 0 Å². The Morgan fingerprint density at radius 3 is 2.70 bits per heavy atom. The zero-order chi connectivity index (χ0) is 14.8. The van der Waals surface area contributed by atoms with Crippen LogP contribution in [0, 0.1) is 5.92 Å². The van der Waals surface area contributed by atoms with Crippen molar-refractivity contribution in [3.8, 4) is 0 Å². The van der Waals surface area contributed by atoms with Crippen LogP contribution in [0.2, 0.25) is 0 Å². The molecule has 0 saturated carbocycles. The first kappa shape index (κ1) is 17.2. The Morgan fingerprint density at radius 1 is 1.40 bits per heavy atom. The second-order valence-corrected chi connectivity index (χ2v) is 5.72. The summed E-state index contributed by atoms with van der Waals surface area (Å²) in [4.78, 5) is 9.06. The zero-order valence-electron chi connectivity index (χ0n) is 13.7. The van der Waals surface area contributed by atoms with Crippen LogP contribution in [0.15, 0.2) is 4.99 Å². The molecule has 118 valence electrons. The molecule has 0 spiro atoms. The summed E-state index contributed by atoms with van der Waals surface area (Å²) in [6.07, 6.45) is 2.43. The van der Waals surface area contributed by atoms with Crippen molar-refractivity contribution in [2.75, 3.05) is 60.0 Å². The van der Waals surface area contributed by atoms with Gasteiger partial charge in [-0.05, 0) is 12.3 Å². The number of hydrogen-bond acceptors (Lipinski definition) is 3. The van der Waals surface area contributed by atoms with Crippen molar-refractivity contribution in [3.05, 3.63) is 0 Å². The number of nitrogens with one attached hydrogen (secondary N) is 1. The molecule has 0 aromatic carbocycles. The fraction of sp³-hybridized carbons (Fsp3) is 0.933. The average Bonchev–Trinajstić information content (AvgIpc) is 2.46. The lowest BCUT2D eigenvalue weighted by molar-refractivity contribution is 0.0320. The van der Waals surface area contributed by atoms with Crippen molar-refractivity contribution in [2.45, 2.75) is 26.7 Å². The summed E-state index contributed by atoms with van der Waals surface area (Å²) in [5.74, 6) is 1.62. The molecule has 20 heavy (non-hydrogen) atoms. The maximum atomic E-state index is 5.38. The van der Waals surface area contributed by atoms with Crippen LogP contribution in [0.25, 0.3) is 0 Å². The molecule has 1 atom stereocenters. The molecule has 1 aliphatic rings. The van der Waals surface area contributed by atoms with Crippen LogP contribution in [-0.4, -0.2) is 75.8 Å². The van der Waals surface area contributed by atoms with Crippen LogP contribution in [0.1, 0.15) is 26.7 Å². The number of guanidine groups is 1. The lowest BCUT2D eigenvalue weighted by Crippen LogP contribution is -2.44. The van der Waals surface area contributed by atoms with Crippen LogP contribution < -0.4 is 5.32 Å². The molecule has 0 radical (unpaired) electrons. The topological polar surface area (TPSA) is 40.1 Å². The Morgan fingerprint density at radius 2 is 2.10 bits per heavy atom. The van der Waals surface area contributed by atoms with E-state index in [9.17, 15) is 0 Å². The van der Waals surface area contributed by atoms with Gasteiger partial charge in [0.05, 0.1) is 13.2 Å². The van der Waals surface area contributed by atoms with E-state index in [2.05, 4.69) is 41.0 Å². The molecule has 0 aromatic rings. The van der Waals surface area contributed by atoms with E-state index in [-0.39, 0.29) is 0 Å². The summed E-state index contributed by atoms with van der Waals surface area (Å²) >= 11 is 0. The highest BCUT2D eigenvalue weighted by Gasteiger charge is 2.14. The van der Waals surface area contributed by atoms with Gasteiger partial charge in [0, 0.05) is 46.8 Å². The fourth-order valence-corrected chi connectivity index (χ4v) is 2.44. The largest absolute Gasteiger partial charge is 0.379 e. The number of ether oxygens (including phenoxy) is 1. The molecular weight excluding hydrogens is 252 g/mol. The van der Waals surface area contributed by atoms with Gasteiger partial charge in [0.1, 0.15) is 0 Å². The second kappa shape index (κ2) is 10.00. The molecule has 0 bridgehead atoms. The third kappa shape index (κ3) is 6.57. The van der Waals surface area contributed by atoms with Gasteiger partial charge in [-0.3, -0.25) is 9.89 Å². The van der Waals surface area contributed by atoms with E-state index in [0.29, 0.717) is 5.92 Å². The first-order valence-electron chi connectivity index (χ1n) is 7.89. The molecule has 1 saturated heterocycles. The Hall–Kier alpha value is -0.810. The van der Waals surface area contributed by atoms with Crippen molar-refractivity contribution in [1.29, 1.82) is 0 Å². The number of aliphatic imine (C=N–C) groups is 1. The summed E-state index contributed by atoms with van der Waals surface area (Å²) in [5, 5.41) is 3.49. The van der Waals surface area contributed by atoms with E-state index in [4.69, 9.17) is 4.74 Å². The molecule has 0 aromatic heterocycles. The van der Waals surface area contributed by atoms with E-state index >= 15 is 0 Å². The molecule has 5 heteroatoms. The van der Waals surface area contributed by atoms with E-state index in [0.717, 1.165) is 51.9 Å². The SMILES string of the molecule is CCCCN(C)C(=NC)NCC(C)CN1CCOCC1. The van der Waals surface area contributed by atoms with E-state index in [1.165, 1.54) is 12.8 Å². The van der Waals surface area contributed by atoms with Gasteiger partial charge >= 0.3 is 0 Å². The van der Waals surface area contributed by atoms with Gasteiger partial charge in [-0.25, -0.2) is 0 Å². The van der Waals surface area contributed by atoms with E-state index < -0.39 is 0 Å². The molecule has 0 aliphatic carbocycles. The van der Waals surface area contributed by atoms with Gasteiger partial charge in [0.25, 0.3) is 0 Å². The molecule has 5 nitrogen and oxygen atoms in total. The molecule has 1 N–H and O–H groups in total. The highest BCUT2D eigenvalue weighted by Crippen LogP contribution is 2.03.